The molecule has 0 saturated heterocycles. The van der Waals surface area contributed by atoms with Gasteiger partial charge in [-0.1, -0.05) is 12.1 Å². The molecule has 0 bridgehead atoms. The second-order valence-electron chi connectivity index (χ2n) is 1.93. The Balaban J connectivity index is 3.10. The van der Waals surface area contributed by atoms with Gasteiger partial charge in [-0.15, -0.1) is 0 Å². The van der Waals surface area contributed by atoms with E-state index >= 15 is 0 Å². The number of rotatable bonds is 2. The molecule has 1 rings (SSSR count). The first-order valence-corrected chi connectivity index (χ1v) is 4.12. The van der Waals surface area contributed by atoms with Crippen molar-refractivity contribution in [1.82, 2.24) is 5.16 Å². The Morgan fingerprint density at radius 2 is 2.45 bits per heavy atom. The number of carbonyl (C=O) groups is 1. The summed E-state index contributed by atoms with van der Waals surface area (Å²) >= 11 is 1.91. The third kappa shape index (κ3) is 1.52. The average Bonchev–Trinajstić information content (AvgIpc) is 2.30. The van der Waals surface area contributed by atoms with E-state index in [-0.39, 0.29) is 5.76 Å². The first-order valence-electron chi connectivity index (χ1n) is 3.04. The van der Waals surface area contributed by atoms with Crippen molar-refractivity contribution in [1.29, 1.82) is 0 Å². The molecule has 1 heterocycles. The quantitative estimate of drug-likeness (QED) is 0.825. The topological polar surface area (TPSA) is 63.3 Å². The summed E-state index contributed by atoms with van der Waals surface area (Å²) in [6.45, 7) is 1.89. The van der Waals surface area contributed by atoms with Gasteiger partial charge in [-0.3, -0.25) is 0 Å². The van der Waals surface area contributed by atoms with Crippen LogP contribution < -0.4 is 0 Å². The highest BCUT2D eigenvalue weighted by Crippen LogP contribution is 2.16. The van der Waals surface area contributed by atoms with Crippen molar-refractivity contribution in [3.63, 3.8) is 0 Å². The number of aromatic carboxylic acids is 1. The molecule has 0 radical (unpaired) electrons. The van der Waals surface area contributed by atoms with Crippen LogP contribution in [0.1, 0.15) is 23.2 Å². The van der Waals surface area contributed by atoms with Gasteiger partial charge in [0.05, 0.1) is 9.26 Å². The molecule has 5 heteroatoms. The SMILES string of the molecule is CCc1noc(C(=O)O)c1I. The molecule has 0 aliphatic heterocycles. The summed E-state index contributed by atoms with van der Waals surface area (Å²) in [5.74, 6) is -1.14. The van der Waals surface area contributed by atoms with E-state index in [0.717, 1.165) is 0 Å². The Kier molecular flexibility index (Phi) is 2.48. The van der Waals surface area contributed by atoms with Crippen molar-refractivity contribution in [2.45, 2.75) is 13.3 Å². The van der Waals surface area contributed by atoms with E-state index in [1.54, 1.807) is 0 Å². The molecule has 0 aromatic carbocycles. The van der Waals surface area contributed by atoms with Crippen LogP contribution >= 0.6 is 22.6 Å². The molecule has 60 valence electrons. The zero-order valence-corrected chi connectivity index (χ0v) is 7.95. The van der Waals surface area contributed by atoms with Gasteiger partial charge < -0.3 is 9.63 Å². The van der Waals surface area contributed by atoms with Crippen molar-refractivity contribution < 1.29 is 14.4 Å². The van der Waals surface area contributed by atoms with Crippen molar-refractivity contribution in [2.75, 3.05) is 0 Å². The van der Waals surface area contributed by atoms with Crippen LogP contribution in [0.3, 0.4) is 0 Å². The second-order valence-corrected chi connectivity index (χ2v) is 3.01. The minimum atomic E-state index is -1.07. The third-order valence-corrected chi connectivity index (χ3v) is 2.34. The summed E-state index contributed by atoms with van der Waals surface area (Å²) in [5, 5.41) is 12.1. The minimum absolute atomic E-state index is 0.0672. The zero-order chi connectivity index (χ0) is 8.43. The predicted molar refractivity (Wildman–Crippen MR) is 45.6 cm³/mol. The van der Waals surface area contributed by atoms with Crippen molar-refractivity contribution >= 4 is 28.6 Å². The summed E-state index contributed by atoms with van der Waals surface area (Å²) < 4.78 is 5.19. The Morgan fingerprint density at radius 3 is 2.73 bits per heavy atom. The van der Waals surface area contributed by atoms with Crippen LogP contribution in [0, 0.1) is 3.57 Å². The van der Waals surface area contributed by atoms with Gasteiger partial charge in [0.25, 0.3) is 5.76 Å². The van der Waals surface area contributed by atoms with Crippen LogP contribution in [0.2, 0.25) is 0 Å². The van der Waals surface area contributed by atoms with Gasteiger partial charge in [0.2, 0.25) is 0 Å². The molecule has 0 aliphatic carbocycles. The largest absolute Gasteiger partial charge is 0.475 e. The molecule has 0 spiro atoms. The highest BCUT2D eigenvalue weighted by atomic mass is 127. The number of carboxylic acid groups (broad SMARTS) is 1. The summed E-state index contributed by atoms with van der Waals surface area (Å²) in [5.41, 5.74) is 0.697. The number of aryl methyl sites for hydroxylation is 1. The molecule has 0 amide bonds. The van der Waals surface area contributed by atoms with Gasteiger partial charge in [-0.05, 0) is 29.0 Å². The molecule has 0 aliphatic rings. The maximum atomic E-state index is 10.4. The van der Waals surface area contributed by atoms with Crippen LogP contribution in [0.4, 0.5) is 0 Å². The molecule has 1 N–H and O–H groups in total. The molecule has 0 atom stereocenters. The molecule has 0 fully saturated rings. The van der Waals surface area contributed by atoms with Gasteiger partial charge >= 0.3 is 5.97 Å². The predicted octanol–water partition coefficient (Wildman–Crippen LogP) is 1.54. The molecule has 4 nitrogen and oxygen atoms in total. The first kappa shape index (κ1) is 8.51. The first-order chi connectivity index (χ1) is 5.16. The van der Waals surface area contributed by atoms with Crippen molar-refractivity contribution in [3.8, 4) is 0 Å². The summed E-state index contributed by atoms with van der Waals surface area (Å²) in [7, 11) is 0. The van der Waals surface area contributed by atoms with Gasteiger partial charge in [-0.25, -0.2) is 4.79 Å². The monoisotopic (exact) mass is 267 g/mol. The summed E-state index contributed by atoms with van der Waals surface area (Å²) in [6.07, 6.45) is 0.690. The Morgan fingerprint density at radius 1 is 1.82 bits per heavy atom. The summed E-state index contributed by atoms with van der Waals surface area (Å²) in [4.78, 5) is 10.4. The number of hydrogen-bond donors (Lipinski definition) is 1. The van der Waals surface area contributed by atoms with E-state index in [1.165, 1.54) is 0 Å². The Hall–Kier alpha value is -0.590. The zero-order valence-electron chi connectivity index (χ0n) is 5.80. The van der Waals surface area contributed by atoms with Crippen molar-refractivity contribution in [3.05, 3.63) is 15.0 Å². The van der Waals surface area contributed by atoms with Gasteiger partial charge in [0.1, 0.15) is 0 Å². The van der Waals surface area contributed by atoms with Crippen LogP contribution in [0.5, 0.6) is 0 Å². The Bertz CT molecular complexity index is 281. The average molecular weight is 267 g/mol. The number of nitrogens with zero attached hydrogens (tertiary/aromatic N) is 1. The lowest BCUT2D eigenvalue weighted by Gasteiger charge is -1.85. The standard InChI is InChI=1S/C6H6INO3/c1-2-3-4(7)5(6(9)10)11-8-3/h2H2,1H3,(H,9,10). The number of carboxylic acids is 1. The fourth-order valence-corrected chi connectivity index (χ4v) is 1.47. The van der Waals surface area contributed by atoms with E-state index in [9.17, 15) is 4.79 Å². The maximum Gasteiger partial charge on any atom is 0.375 e. The third-order valence-electron chi connectivity index (χ3n) is 1.23. The van der Waals surface area contributed by atoms with Crippen LogP contribution in [0.15, 0.2) is 4.52 Å². The van der Waals surface area contributed by atoms with Crippen LogP contribution in [-0.4, -0.2) is 16.2 Å². The lowest BCUT2D eigenvalue weighted by Crippen LogP contribution is -1.96. The molecule has 0 unspecified atom stereocenters. The molecular weight excluding hydrogens is 261 g/mol. The minimum Gasteiger partial charge on any atom is -0.475 e. The number of halogens is 1. The normalized spacial score (nSPS) is 10.0. The van der Waals surface area contributed by atoms with E-state index in [4.69, 9.17) is 5.11 Å². The van der Waals surface area contributed by atoms with Gasteiger partial charge in [0.15, 0.2) is 0 Å². The molecule has 11 heavy (non-hydrogen) atoms. The van der Waals surface area contributed by atoms with E-state index < -0.39 is 5.97 Å². The van der Waals surface area contributed by atoms with E-state index in [1.807, 2.05) is 29.5 Å². The van der Waals surface area contributed by atoms with E-state index in [0.29, 0.717) is 15.7 Å². The van der Waals surface area contributed by atoms with Crippen LogP contribution in [0.25, 0.3) is 0 Å². The van der Waals surface area contributed by atoms with Crippen LogP contribution in [-0.2, 0) is 6.42 Å². The molecule has 1 aromatic heterocycles. The molecule has 1 aromatic rings. The summed E-state index contributed by atoms with van der Waals surface area (Å²) in [6, 6.07) is 0. The second kappa shape index (κ2) is 3.21. The number of hydrogen-bond acceptors (Lipinski definition) is 3. The van der Waals surface area contributed by atoms with E-state index in [2.05, 4.69) is 9.68 Å². The number of aromatic nitrogens is 1. The Labute approximate surface area is 76.7 Å². The molecule has 0 saturated carbocycles. The highest BCUT2D eigenvalue weighted by molar-refractivity contribution is 14.1. The highest BCUT2D eigenvalue weighted by Gasteiger charge is 2.17. The smallest absolute Gasteiger partial charge is 0.375 e. The fraction of sp³-hybridized carbons (Fsp3) is 0.333. The van der Waals surface area contributed by atoms with Gasteiger partial charge in [0, 0.05) is 0 Å². The maximum absolute atomic E-state index is 10.4. The lowest BCUT2D eigenvalue weighted by molar-refractivity contribution is 0.0650. The van der Waals surface area contributed by atoms with Crippen molar-refractivity contribution in [2.24, 2.45) is 0 Å². The lowest BCUT2D eigenvalue weighted by atomic mass is 10.3. The molecular formula is C6H6INO3. The fourth-order valence-electron chi connectivity index (χ4n) is 0.665. The van der Waals surface area contributed by atoms with Gasteiger partial charge in [-0.2, -0.15) is 0 Å².